The highest BCUT2D eigenvalue weighted by Crippen LogP contribution is 2.37. The number of rotatable bonds is 3. The molecule has 2 rings (SSSR count). The van der Waals surface area contributed by atoms with Gasteiger partial charge < -0.3 is 5.73 Å². The van der Waals surface area contributed by atoms with Crippen LogP contribution in [0, 0.1) is 11.8 Å². The number of benzene rings is 1. The van der Waals surface area contributed by atoms with Gasteiger partial charge in [-0.2, -0.15) is 0 Å². The lowest BCUT2D eigenvalue weighted by atomic mass is 9.91. The van der Waals surface area contributed by atoms with Gasteiger partial charge in [-0.05, 0) is 42.2 Å². The number of aryl methyl sites for hydroxylation is 1. The molecule has 0 heterocycles. The van der Waals surface area contributed by atoms with E-state index in [9.17, 15) is 0 Å². The Balaban J connectivity index is 2.10. The van der Waals surface area contributed by atoms with Crippen molar-refractivity contribution in [2.24, 2.45) is 17.6 Å². The summed E-state index contributed by atoms with van der Waals surface area (Å²) in [5.41, 5.74) is 9.12. The van der Waals surface area contributed by atoms with Crippen LogP contribution in [0.15, 0.2) is 24.3 Å². The van der Waals surface area contributed by atoms with E-state index in [1.165, 1.54) is 30.4 Å². The van der Waals surface area contributed by atoms with Gasteiger partial charge in [0.15, 0.2) is 0 Å². The van der Waals surface area contributed by atoms with E-state index in [0.29, 0.717) is 5.92 Å². The third kappa shape index (κ3) is 2.46. The molecular formula is C15H23N. The summed E-state index contributed by atoms with van der Waals surface area (Å²) in [5.74, 6) is 1.56. The first-order chi connectivity index (χ1) is 7.70. The molecule has 1 nitrogen and oxygen atoms in total. The molecule has 1 saturated carbocycles. The van der Waals surface area contributed by atoms with Gasteiger partial charge >= 0.3 is 0 Å². The summed E-state index contributed by atoms with van der Waals surface area (Å²) in [7, 11) is 0. The van der Waals surface area contributed by atoms with Gasteiger partial charge in [-0.25, -0.2) is 0 Å². The highest BCUT2D eigenvalue weighted by Gasteiger charge is 2.27. The second-order valence-corrected chi connectivity index (χ2v) is 5.30. The van der Waals surface area contributed by atoms with Crippen LogP contribution in [-0.4, -0.2) is 0 Å². The number of hydrogen-bond acceptors (Lipinski definition) is 1. The molecule has 0 radical (unpaired) electrons. The standard InChI is InChI=1S/C15H23N/c1-3-12-5-4-6-13(10-12)15(16)14-8-7-11(2)9-14/h4-6,10-11,14-15H,3,7-9,16H2,1-2H3. The second-order valence-electron chi connectivity index (χ2n) is 5.30. The van der Waals surface area contributed by atoms with Crippen molar-refractivity contribution in [3.8, 4) is 0 Å². The molecule has 1 fully saturated rings. The average Bonchev–Trinajstić information content (AvgIpc) is 2.75. The summed E-state index contributed by atoms with van der Waals surface area (Å²) < 4.78 is 0. The number of hydrogen-bond donors (Lipinski definition) is 1. The molecule has 1 aliphatic rings. The van der Waals surface area contributed by atoms with Crippen LogP contribution in [0.5, 0.6) is 0 Å². The lowest BCUT2D eigenvalue weighted by molar-refractivity contribution is 0.428. The van der Waals surface area contributed by atoms with Crippen LogP contribution in [-0.2, 0) is 6.42 Å². The summed E-state index contributed by atoms with van der Waals surface area (Å²) in [6.07, 6.45) is 5.06. The van der Waals surface area contributed by atoms with Gasteiger partial charge in [-0.15, -0.1) is 0 Å². The Hall–Kier alpha value is -0.820. The zero-order valence-corrected chi connectivity index (χ0v) is 10.4. The third-order valence-corrected chi connectivity index (χ3v) is 3.99. The van der Waals surface area contributed by atoms with Crippen molar-refractivity contribution in [1.29, 1.82) is 0 Å². The van der Waals surface area contributed by atoms with Crippen molar-refractivity contribution in [2.75, 3.05) is 0 Å². The molecule has 16 heavy (non-hydrogen) atoms. The first-order valence-electron chi connectivity index (χ1n) is 6.55. The molecule has 1 aliphatic carbocycles. The zero-order valence-electron chi connectivity index (χ0n) is 10.4. The molecule has 88 valence electrons. The van der Waals surface area contributed by atoms with Crippen LogP contribution in [0.2, 0.25) is 0 Å². The average molecular weight is 217 g/mol. The van der Waals surface area contributed by atoms with E-state index in [2.05, 4.69) is 38.1 Å². The van der Waals surface area contributed by atoms with E-state index in [1.807, 2.05) is 0 Å². The predicted octanol–water partition coefficient (Wildman–Crippen LogP) is 3.69. The first-order valence-corrected chi connectivity index (χ1v) is 6.55. The minimum absolute atomic E-state index is 0.247. The molecule has 0 bridgehead atoms. The summed E-state index contributed by atoms with van der Waals surface area (Å²) >= 11 is 0. The fraction of sp³-hybridized carbons (Fsp3) is 0.600. The van der Waals surface area contributed by atoms with Crippen LogP contribution in [0.4, 0.5) is 0 Å². The minimum atomic E-state index is 0.247. The van der Waals surface area contributed by atoms with Crippen molar-refractivity contribution in [3.05, 3.63) is 35.4 Å². The summed E-state index contributed by atoms with van der Waals surface area (Å²) in [6.45, 7) is 4.54. The largest absolute Gasteiger partial charge is 0.324 e. The van der Waals surface area contributed by atoms with Crippen LogP contribution in [0.3, 0.4) is 0 Å². The van der Waals surface area contributed by atoms with E-state index in [1.54, 1.807) is 0 Å². The molecule has 1 aromatic carbocycles. The minimum Gasteiger partial charge on any atom is -0.324 e. The smallest absolute Gasteiger partial charge is 0.0323 e. The maximum atomic E-state index is 6.39. The van der Waals surface area contributed by atoms with Gasteiger partial charge in [0, 0.05) is 6.04 Å². The van der Waals surface area contributed by atoms with Crippen molar-refractivity contribution in [2.45, 2.75) is 45.6 Å². The van der Waals surface area contributed by atoms with Gasteiger partial charge in [0.05, 0.1) is 0 Å². The Bertz CT molecular complexity index is 345. The molecule has 0 spiro atoms. The molecule has 0 aromatic heterocycles. The lowest BCUT2D eigenvalue weighted by Gasteiger charge is -2.20. The fourth-order valence-corrected chi connectivity index (χ4v) is 2.87. The van der Waals surface area contributed by atoms with E-state index >= 15 is 0 Å². The predicted molar refractivity (Wildman–Crippen MR) is 69.3 cm³/mol. The molecule has 3 unspecified atom stereocenters. The molecule has 0 aliphatic heterocycles. The van der Waals surface area contributed by atoms with Gasteiger partial charge in [0.2, 0.25) is 0 Å². The van der Waals surface area contributed by atoms with Crippen molar-refractivity contribution >= 4 is 0 Å². The maximum Gasteiger partial charge on any atom is 0.0323 e. The van der Waals surface area contributed by atoms with Crippen molar-refractivity contribution < 1.29 is 0 Å². The van der Waals surface area contributed by atoms with E-state index < -0.39 is 0 Å². The molecule has 1 aromatic rings. The fourth-order valence-electron chi connectivity index (χ4n) is 2.87. The summed E-state index contributed by atoms with van der Waals surface area (Å²) in [4.78, 5) is 0. The molecule has 3 atom stereocenters. The number of nitrogens with two attached hydrogens (primary N) is 1. The monoisotopic (exact) mass is 217 g/mol. The van der Waals surface area contributed by atoms with Crippen LogP contribution in [0.1, 0.15) is 50.3 Å². The Morgan fingerprint density at radius 3 is 2.81 bits per heavy atom. The van der Waals surface area contributed by atoms with Crippen LogP contribution >= 0.6 is 0 Å². The van der Waals surface area contributed by atoms with Crippen LogP contribution < -0.4 is 5.73 Å². The van der Waals surface area contributed by atoms with E-state index in [0.717, 1.165) is 12.3 Å². The second kappa shape index (κ2) is 5.01. The topological polar surface area (TPSA) is 26.0 Å². The maximum absolute atomic E-state index is 6.39. The summed E-state index contributed by atoms with van der Waals surface area (Å²) in [5, 5.41) is 0. The normalized spacial score (nSPS) is 26.9. The molecular weight excluding hydrogens is 194 g/mol. The Labute approximate surface area is 99.0 Å². The van der Waals surface area contributed by atoms with Gasteiger partial charge in [0.25, 0.3) is 0 Å². The molecule has 1 heteroatoms. The van der Waals surface area contributed by atoms with Gasteiger partial charge in [-0.3, -0.25) is 0 Å². The van der Waals surface area contributed by atoms with E-state index in [4.69, 9.17) is 5.73 Å². The van der Waals surface area contributed by atoms with Gasteiger partial charge in [0.1, 0.15) is 0 Å². The highest BCUT2D eigenvalue weighted by molar-refractivity contribution is 5.26. The molecule has 2 N–H and O–H groups in total. The quantitative estimate of drug-likeness (QED) is 0.821. The first kappa shape index (κ1) is 11.7. The highest BCUT2D eigenvalue weighted by atomic mass is 14.7. The Morgan fingerprint density at radius 1 is 1.38 bits per heavy atom. The van der Waals surface area contributed by atoms with Crippen molar-refractivity contribution in [1.82, 2.24) is 0 Å². The third-order valence-electron chi connectivity index (χ3n) is 3.99. The van der Waals surface area contributed by atoms with Gasteiger partial charge in [-0.1, -0.05) is 44.5 Å². The summed E-state index contributed by atoms with van der Waals surface area (Å²) in [6, 6.07) is 9.05. The zero-order chi connectivity index (χ0) is 11.5. The Morgan fingerprint density at radius 2 is 2.19 bits per heavy atom. The van der Waals surface area contributed by atoms with E-state index in [-0.39, 0.29) is 6.04 Å². The SMILES string of the molecule is CCc1cccc(C(N)C2CCC(C)C2)c1. The molecule has 0 saturated heterocycles. The van der Waals surface area contributed by atoms with Crippen LogP contribution in [0.25, 0.3) is 0 Å². The molecule has 0 amide bonds. The Kier molecular flexibility index (Phi) is 3.65. The lowest BCUT2D eigenvalue weighted by Crippen LogP contribution is -2.19. The van der Waals surface area contributed by atoms with Crippen molar-refractivity contribution in [3.63, 3.8) is 0 Å².